The van der Waals surface area contributed by atoms with Crippen LogP contribution in [0.25, 0.3) is 86.2 Å². The molecule has 0 heteroatoms. The summed E-state index contributed by atoms with van der Waals surface area (Å²) in [5.74, 6) is 0. The lowest BCUT2D eigenvalue weighted by Crippen LogP contribution is -1.96. The summed E-state index contributed by atoms with van der Waals surface area (Å²) in [6.45, 7) is 0. The Hall–Kier alpha value is -5.20. The Morgan fingerprint density at radius 1 is 0.256 bits per heavy atom. The van der Waals surface area contributed by atoms with Crippen LogP contribution in [0.2, 0.25) is 0 Å². The van der Waals surface area contributed by atoms with Gasteiger partial charge >= 0.3 is 0 Å². The second-order valence-electron chi connectivity index (χ2n) is 12.3. The molecule has 0 aliphatic carbocycles. The van der Waals surface area contributed by atoms with Gasteiger partial charge < -0.3 is 0 Å². The first-order valence-electron chi connectivity index (χ1n) is 15.5. The van der Waals surface area contributed by atoms with E-state index in [1.165, 1.54) is 97.3 Å². The molecule has 0 aromatic heterocycles. The fourth-order valence-corrected chi connectivity index (χ4v) is 8.28. The zero-order chi connectivity index (χ0) is 28.1. The lowest BCUT2D eigenvalue weighted by Gasteiger charge is -2.18. The van der Waals surface area contributed by atoms with Gasteiger partial charge in [0.05, 0.1) is 0 Å². The summed E-state index contributed by atoms with van der Waals surface area (Å²) >= 11 is 0. The Labute approximate surface area is 249 Å². The average molecular weight is 545 g/mol. The monoisotopic (exact) mass is 544 g/mol. The maximum Gasteiger partial charge on any atom is -0.00176 e. The molecule has 0 saturated carbocycles. The van der Waals surface area contributed by atoms with Crippen LogP contribution in [0, 0.1) is 0 Å². The summed E-state index contributed by atoms with van der Waals surface area (Å²) < 4.78 is 0. The van der Waals surface area contributed by atoms with Crippen molar-refractivity contribution >= 4 is 86.2 Å². The van der Waals surface area contributed by atoms with E-state index in [0.29, 0.717) is 0 Å². The second-order valence-corrected chi connectivity index (χ2v) is 12.3. The van der Waals surface area contributed by atoms with E-state index in [4.69, 9.17) is 0 Å². The summed E-state index contributed by atoms with van der Waals surface area (Å²) in [4.78, 5) is 0. The molecule has 0 atom stereocenters. The summed E-state index contributed by atoms with van der Waals surface area (Å²) in [5.41, 5.74) is 2.91. The molecule has 0 heterocycles. The molecule has 0 saturated heterocycles. The molecule has 0 amide bonds. The molecule has 0 fully saturated rings. The Morgan fingerprint density at radius 2 is 0.628 bits per heavy atom. The van der Waals surface area contributed by atoms with Crippen LogP contribution in [-0.4, -0.2) is 0 Å². The van der Waals surface area contributed by atoms with Gasteiger partial charge in [0.25, 0.3) is 0 Å². The Bertz CT molecular complexity index is 2500. The van der Waals surface area contributed by atoms with Crippen LogP contribution in [0.1, 0.15) is 17.5 Å². The topological polar surface area (TPSA) is 0 Å². The van der Waals surface area contributed by atoms with Crippen molar-refractivity contribution in [2.45, 2.75) is 19.3 Å². The van der Waals surface area contributed by atoms with E-state index in [9.17, 15) is 0 Å². The van der Waals surface area contributed by atoms with E-state index in [1.54, 1.807) is 0 Å². The highest BCUT2D eigenvalue weighted by Gasteiger charge is 2.17. The molecule has 43 heavy (non-hydrogen) atoms. The molecule has 10 aromatic rings. The first kappa shape index (κ1) is 23.4. The number of rotatable bonds is 4. The molecule has 0 spiro atoms. The van der Waals surface area contributed by atoms with E-state index in [0.717, 1.165) is 19.3 Å². The summed E-state index contributed by atoms with van der Waals surface area (Å²) in [5, 5.41) is 22.1. The van der Waals surface area contributed by atoms with E-state index in [1.807, 2.05) is 0 Å². The number of fused-ring (bicyclic) bond motifs is 6. The minimum absolute atomic E-state index is 1.07. The predicted octanol–water partition coefficient (Wildman–Crippen LogP) is 12.0. The van der Waals surface area contributed by atoms with Gasteiger partial charge in [-0.1, -0.05) is 133 Å². The molecule has 0 radical (unpaired) electrons. The number of benzene rings is 10. The van der Waals surface area contributed by atoms with Gasteiger partial charge in [0.2, 0.25) is 0 Å². The van der Waals surface area contributed by atoms with Crippen molar-refractivity contribution < 1.29 is 0 Å². The first-order valence-corrected chi connectivity index (χ1v) is 15.5. The molecule has 0 aliphatic rings. The molecule has 10 aromatic carbocycles. The van der Waals surface area contributed by atoms with Crippen molar-refractivity contribution in [3.8, 4) is 0 Å². The second kappa shape index (κ2) is 8.66. The minimum Gasteiger partial charge on any atom is -0.0616 e. The van der Waals surface area contributed by atoms with Crippen LogP contribution >= 0.6 is 0 Å². The van der Waals surface area contributed by atoms with Crippen molar-refractivity contribution in [2.75, 3.05) is 0 Å². The molecule has 0 N–H and O–H groups in total. The first-order chi connectivity index (χ1) is 21.3. The van der Waals surface area contributed by atoms with Crippen molar-refractivity contribution in [3.05, 3.63) is 145 Å². The van der Waals surface area contributed by atoms with Crippen molar-refractivity contribution in [3.63, 3.8) is 0 Å². The fraction of sp³-hybridized carbons (Fsp3) is 0.0698. The molecule has 0 unspecified atom stereocenters. The minimum atomic E-state index is 1.07. The van der Waals surface area contributed by atoms with Gasteiger partial charge in [0, 0.05) is 0 Å². The Balaban J connectivity index is 1.09. The standard InChI is InChI=1S/C43H28/c1-3-14-34-32(12-1)36-16-6-10-28-20-22-30-26(18-24-38(34)42(30)40(28)36)8-5-9-27-19-25-39-35-15-4-2-13-33(35)37-17-7-11-29-21-23-31(27)43(39)41(29)37/h1-4,6-7,10-25H,5,8-9H2. The van der Waals surface area contributed by atoms with Crippen LogP contribution in [0.5, 0.6) is 0 Å². The van der Waals surface area contributed by atoms with Gasteiger partial charge in [-0.2, -0.15) is 0 Å². The quantitative estimate of drug-likeness (QED) is 0.153. The summed E-state index contributed by atoms with van der Waals surface area (Å²) in [6, 6.07) is 50.3. The third-order valence-electron chi connectivity index (χ3n) is 10.1. The highest BCUT2D eigenvalue weighted by atomic mass is 14.2. The molecule has 0 bridgehead atoms. The fourth-order valence-electron chi connectivity index (χ4n) is 8.28. The van der Waals surface area contributed by atoms with Crippen LogP contribution in [-0.2, 0) is 12.8 Å². The highest BCUT2D eigenvalue weighted by Crippen LogP contribution is 2.43. The molecule has 200 valence electrons. The number of hydrogen-bond donors (Lipinski definition) is 0. The normalized spacial score (nSPS) is 12.5. The van der Waals surface area contributed by atoms with Crippen molar-refractivity contribution in [2.24, 2.45) is 0 Å². The molecular weight excluding hydrogens is 516 g/mol. The van der Waals surface area contributed by atoms with E-state index in [2.05, 4.69) is 133 Å². The van der Waals surface area contributed by atoms with Crippen molar-refractivity contribution in [1.29, 1.82) is 0 Å². The zero-order valence-electron chi connectivity index (χ0n) is 23.8. The van der Waals surface area contributed by atoms with Gasteiger partial charge in [0.15, 0.2) is 0 Å². The van der Waals surface area contributed by atoms with Crippen LogP contribution in [0.4, 0.5) is 0 Å². The molecule has 0 nitrogen and oxygen atoms in total. The largest absolute Gasteiger partial charge is 0.0616 e. The smallest absolute Gasteiger partial charge is 0.00176 e. The van der Waals surface area contributed by atoms with Crippen LogP contribution in [0.3, 0.4) is 0 Å². The predicted molar refractivity (Wildman–Crippen MR) is 187 cm³/mol. The maximum atomic E-state index is 2.39. The van der Waals surface area contributed by atoms with Gasteiger partial charge in [0.1, 0.15) is 0 Å². The number of hydrogen-bond acceptors (Lipinski definition) is 0. The number of aryl methyl sites for hydroxylation is 2. The van der Waals surface area contributed by atoms with Crippen LogP contribution < -0.4 is 0 Å². The van der Waals surface area contributed by atoms with Gasteiger partial charge in [-0.25, -0.2) is 0 Å². The lowest BCUT2D eigenvalue weighted by molar-refractivity contribution is 0.830. The highest BCUT2D eigenvalue weighted by molar-refractivity contribution is 6.35. The molecule has 0 aliphatic heterocycles. The zero-order valence-corrected chi connectivity index (χ0v) is 23.8. The summed E-state index contributed by atoms with van der Waals surface area (Å²) in [7, 11) is 0. The average Bonchev–Trinajstić information content (AvgIpc) is 3.07. The van der Waals surface area contributed by atoms with Crippen molar-refractivity contribution in [1.82, 2.24) is 0 Å². The Morgan fingerprint density at radius 3 is 1.07 bits per heavy atom. The van der Waals surface area contributed by atoms with E-state index in [-0.39, 0.29) is 0 Å². The SMILES string of the molecule is c1ccc2c(c1)c1cccc3ccc4c(CCCc5ccc6c7ccccc7c7cccc8ccc5c6c87)ccc2c4c31. The third-order valence-corrected chi connectivity index (χ3v) is 10.1. The maximum absolute atomic E-state index is 2.39. The van der Waals surface area contributed by atoms with Gasteiger partial charge in [-0.3, -0.25) is 0 Å². The Kier molecular flexibility index (Phi) is 4.71. The van der Waals surface area contributed by atoms with E-state index >= 15 is 0 Å². The molecule has 10 rings (SSSR count). The third kappa shape index (κ3) is 3.16. The van der Waals surface area contributed by atoms with E-state index < -0.39 is 0 Å². The lowest BCUT2D eigenvalue weighted by atomic mass is 9.86. The van der Waals surface area contributed by atoms with Gasteiger partial charge in [-0.05, 0) is 117 Å². The van der Waals surface area contributed by atoms with Crippen LogP contribution in [0.15, 0.2) is 133 Å². The van der Waals surface area contributed by atoms with Gasteiger partial charge in [-0.15, -0.1) is 0 Å². The summed E-state index contributed by atoms with van der Waals surface area (Å²) in [6.07, 6.45) is 3.25. The molecular formula is C43H28.